The third-order valence-electron chi connectivity index (χ3n) is 4.27. The summed E-state index contributed by atoms with van der Waals surface area (Å²) in [5.41, 5.74) is 0.421. The zero-order valence-corrected chi connectivity index (χ0v) is 15.4. The molecule has 0 saturated carbocycles. The zero-order valence-electron chi connectivity index (χ0n) is 15.4. The van der Waals surface area contributed by atoms with E-state index in [1.807, 2.05) is 0 Å². The van der Waals surface area contributed by atoms with Crippen molar-refractivity contribution in [2.75, 3.05) is 26.2 Å². The number of nitro benzene ring substituents is 1. The van der Waals surface area contributed by atoms with Crippen LogP contribution in [0.4, 0.5) is 5.69 Å². The monoisotopic (exact) mass is 376 g/mol. The number of nitrogens with one attached hydrogen (secondary N) is 1. The van der Waals surface area contributed by atoms with Gasteiger partial charge in [-0.05, 0) is 25.6 Å². The molecule has 0 aliphatic rings. The highest BCUT2D eigenvalue weighted by Gasteiger charge is 2.17. The van der Waals surface area contributed by atoms with Gasteiger partial charge in [-0.3, -0.25) is 14.9 Å². The molecule has 0 spiro atoms. The Bertz CT molecular complexity index is 774. The van der Waals surface area contributed by atoms with Crippen molar-refractivity contribution in [3.8, 4) is 5.69 Å². The molecule has 0 fully saturated rings. The number of hydrogen-bond donors (Lipinski definition) is 2. The number of carbonyl (C=O) groups is 1. The molecule has 0 aliphatic carbocycles. The molecule has 1 amide bonds. The van der Waals surface area contributed by atoms with E-state index >= 15 is 0 Å². The van der Waals surface area contributed by atoms with E-state index < -0.39 is 10.8 Å². The first-order chi connectivity index (χ1) is 13.0. The minimum Gasteiger partial charge on any atom is -0.394 e. The van der Waals surface area contributed by atoms with Crippen molar-refractivity contribution in [3.05, 3.63) is 46.3 Å². The van der Waals surface area contributed by atoms with Crippen LogP contribution < -0.4 is 5.32 Å². The molecule has 2 aromatic rings. The predicted octanol–water partition coefficient (Wildman–Crippen LogP) is 0.998. The summed E-state index contributed by atoms with van der Waals surface area (Å²) in [7, 11) is 0. The van der Waals surface area contributed by atoms with Gasteiger partial charge < -0.3 is 15.3 Å². The van der Waals surface area contributed by atoms with Gasteiger partial charge in [0.25, 0.3) is 11.6 Å². The van der Waals surface area contributed by atoms with Crippen molar-refractivity contribution in [3.63, 3.8) is 0 Å². The molecule has 27 heavy (non-hydrogen) atoms. The van der Waals surface area contributed by atoms with E-state index in [-0.39, 0.29) is 24.0 Å². The van der Waals surface area contributed by atoms with Crippen LogP contribution in [-0.4, -0.2) is 68.1 Å². The second-order valence-corrected chi connectivity index (χ2v) is 5.99. The molecular weight excluding hydrogens is 352 g/mol. The van der Waals surface area contributed by atoms with Crippen LogP contribution >= 0.6 is 0 Å². The van der Waals surface area contributed by atoms with Crippen molar-refractivity contribution >= 4 is 11.6 Å². The van der Waals surface area contributed by atoms with Crippen molar-refractivity contribution < 1.29 is 14.8 Å². The van der Waals surface area contributed by atoms with Crippen LogP contribution in [0.5, 0.6) is 0 Å². The summed E-state index contributed by atoms with van der Waals surface area (Å²) in [5.74, 6) is -0.453. The number of aromatic nitrogens is 3. The summed E-state index contributed by atoms with van der Waals surface area (Å²) >= 11 is 0. The van der Waals surface area contributed by atoms with Gasteiger partial charge >= 0.3 is 0 Å². The molecule has 1 atom stereocenters. The Morgan fingerprint density at radius 2 is 2.15 bits per heavy atom. The molecule has 0 unspecified atom stereocenters. The van der Waals surface area contributed by atoms with Gasteiger partial charge in [-0.1, -0.05) is 25.1 Å². The molecule has 2 N–H and O–H groups in total. The van der Waals surface area contributed by atoms with Gasteiger partial charge in [-0.25, -0.2) is 4.68 Å². The normalized spacial score (nSPS) is 12.1. The van der Waals surface area contributed by atoms with Gasteiger partial charge in [0.1, 0.15) is 0 Å². The average molecular weight is 376 g/mol. The number of amides is 1. The van der Waals surface area contributed by atoms with Crippen LogP contribution in [0.25, 0.3) is 5.69 Å². The molecule has 2 rings (SSSR count). The molecule has 1 aromatic carbocycles. The fourth-order valence-corrected chi connectivity index (χ4v) is 2.59. The summed E-state index contributed by atoms with van der Waals surface area (Å²) in [6.07, 6.45) is 2.01. The number of benzene rings is 1. The Hall–Kier alpha value is -2.85. The van der Waals surface area contributed by atoms with Crippen LogP contribution in [-0.2, 0) is 0 Å². The van der Waals surface area contributed by atoms with Crippen molar-refractivity contribution in [1.29, 1.82) is 0 Å². The maximum absolute atomic E-state index is 12.4. The molecule has 0 radical (unpaired) electrons. The molecule has 10 heteroatoms. The standard InChI is InChI=1S/C17H24N6O4/c1-3-21(4-2)9-8-13(12-24)18-17(25)16-11-22(20-19-16)14-6-5-7-15(10-14)23(26)27/h5-7,10-11,13,24H,3-4,8-9,12H2,1-2H3,(H,18,25)/t13-/m0/s1. The van der Waals surface area contributed by atoms with Crippen molar-refractivity contribution in [2.24, 2.45) is 0 Å². The summed E-state index contributed by atoms with van der Waals surface area (Å²) in [5, 5.41) is 30.8. The number of rotatable bonds is 10. The third-order valence-corrected chi connectivity index (χ3v) is 4.27. The van der Waals surface area contributed by atoms with E-state index in [0.717, 1.165) is 19.6 Å². The van der Waals surface area contributed by atoms with Gasteiger partial charge in [0.05, 0.1) is 29.5 Å². The fourth-order valence-electron chi connectivity index (χ4n) is 2.59. The summed E-state index contributed by atoms with van der Waals surface area (Å²) in [4.78, 5) is 24.9. The number of hydrogen-bond acceptors (Lipinski definition) is 7. The van der Waals surface area contributed by atoms with E-state index in [4.69, 9.17) is 0 Å². The van der Waals surface area contributed by atoms with Gasteiger partial charge in [-0.2, -0.15) is 0 Å². The first-order valence-electron chi connectivity index (χ1n) is 8.79. The number of carbonyl (C=O) groups excluding carboxylic acids is 1. The molecule has 1 heterocycles. The number of aliphatic hydroxyl groups is 1. The Balaban J connectivity index is 2.03. The van der Waals surface area contributed by atoms with Crippen LogP contribution in [0.1, 0.15) is 30.8 Å². The first kappa shape index (κ1) is 20.5. The van der Waals surface area contributed by atoms with Gasteiger partial charge in [0.15, 0.2) is 5.69 Å². The number of non-ortho nitro benzene ring substituents is 1. The van der Waals surface area contributed by atoms with Crippen LogP contribution in [0.3, 0.4) is 0 Å². The van der Waals surface area contributed by atoms with E-state index in [2.05, 4.69) is 34.4 Å². The van der Waals surface area contributed by atoms with Gasteiger partial charge in [0, 0.05) is 18.7 Å². The van der Waals surface area contributed by atoms with Gasteiger partial charge in [-0.15, -0.1) is 5.10 Å². The molecular formula is C17H24N6O4. The van der Waals surface area contributed by atoms with Crippen LogP contribution in [0, 0.1) is 10.1 Å². The van der Waals surface area contributed by atoms with Crippen molar-refractivity contribution in [2.45, 2.75) is 26.3 Å². The third kappa shape index (κ3) is 5.56. The molecule has 0 aliphatic heterocycles. The second kappa shape index (κ2) is 9.74. The lowest BCUT2D eigenvalue weighted by atomic mass is 10.2. The van der Waals surface area contributed by atoms with E-state index in [1.54, 1.807) is 6.07 Å². The number of nitro groups is 1. The largest absolute Gasteiger partial charge is 0.394 e. The van der Waals surface area contributed by atoms with Crippen LogP contribution in [0.2, 0.25) is 0 Å². The Morgan fingerprint density at radius 1 is 1.41 bits per heavy atom. The molecule has 0 bridgehead atoms. The highest BCUT2D eigenvalue weighted by atomic mass is 16.6. The second-order valence-electron chi connectivity index (χ2n) is 5.99. The van der Waals surface area contributed by atoms with E-state index in [9.17, 15) is 20.0 Å². The first-order valence-corrected chi connectivity index (χ1v) is 8.79. The maximum Gasteiger partial charge on any atom is 0.273 e. The Morgan fingerprint density at radius 3 is 2.78 bits per heavy atom. The lowest BCUT2D eigenvalue weighted by Crippen LogP contribution is -2.40. The molecule has 146 valence electrons. The number of aliphatic hydroxyl groups excluding tert-OH is 1. The Labute approximate surface area is 156 Å². The maximum atomic E-state index is 12.4. The van der Waals surface area contributed by atoms with E-state index in [1.165, 1.54) is 29.1 Å². The Kier molecular flexibility index (Phi) is 7.38. The SMILES string of the molecule is CCN(CC)CC[C@@H](CO)NC(=O)c1cn(-c2cccc([N+](=O)[O-])c2)nn1. The minimum atomic E-state index is -0.504. The smallest absolute Gasteiger partial charge is 0.273 e. The average Bonchev–Trinajstić information content (AvgIpc) is 3.18. The summed E-state index contributed by atoms with van der Waals surface area (Å²) < 4.78 is 1.30. The van der Waals surface area contributed by atoms with Crippen molar-refractivity contribution in [1.82, 2.24) is 25.2 Å². The number of nitrogens with zero attached hydrogens (tertiary/aromatic N) is 5. The molecule has 1 aromatic heterocycles. The highest BCUT2D eigenvalue weighted by Crippen LogP contribution is 2.16. The quantitative estimate of drug-likeness (QED) is 0.468. The highest BCUT2D eigenvalue weighted by molar-refractivity contribution is 5.92. The predicted molar refractivity (Wildman–Crippen MR) is 98.8 cm³/mol. The summed E-state index contributed by atoms with van der Waals surface area (Å²) in [6, 6.07) is 5.49. The van der Waals surface area contributed by atoms with E-state index in [0.29, 0.717) is 12.1 Å². The molecule has 0 saturated heterocycles. The van der Waals surface area contributed by atoms with Crippen LogP contribution in [0.15, 0.2) is 30.5 Å². The topological polar surface area (TPSA) is 126 Å². The minimum absolute atomic E-state index is 0.0720. The lowest BCUT2D eigenvalue weighted by molar-refractivity contribution is -0.384. The fraction of sp³-hybridized carbons (Fsp3) is 0.471. The molecule has 10 nitrogen and oxygen atoms in total. The summed E-state index contributed by atoms with van der Waals surface area (Å²) in [6.45, 7) is 6.51. The van der Waals surface area contributed by atoms with Gasteiger partial charge in [0.2, 0.25) is 0 Å². The zero-order chi connectivity index (χ0) is 19.8. The lowest BCUT2D eigenvalue weighted by Gasteiger charge is -2.22.